The van der Waals surface area contributed by atoms with Gasteiger partial charge in [0.15, 0.2) is 0 Å². The number of amides is 1. The second kappa shape index (κ2) is 8.01. The second-order valence-electron chi connectivity index (χ2n) is 6.59. The fourth-order valence-corrected chi connectivity index (χ4v) is 3.69. The van der Waals surface area contributed by atoms with Crippen molar-refractivity contribution >= 4 is 23.2 Å². The number of hydrogen-bond acceptors (Lipinski definition) is 5. The number of pyridine rings is 1. The highest BCUT2D eigenvalue weighted by Gasteiger charge is 2.38. The van der Waals surface area contributed by atoms with Gasteiger partial charge < -0.3 is 19.7 Å². The molecule has 1 atom stereocenters. The third-order valence-electron chi connectivity index (χ3n) is 4.86. The van der Waals surface area contributed by atoms with Gasteiger partial charge in [0.25, 0.3) is 5.91 Å². The molecule has 1 aromatic heterocycles. The molecular formula is C22H20ClN3O3. The van der Waals surface area contributed by atoms with Crippen molar-refractivity contribution < 1.29 is 14.3 Å². The average molecular weight is 410 g/mol. The summed E-state index contributed by atoms with van der Waals surface area (Å²) in [5.41, 5.74) is 2.93. The van der Waals surface area contributed by atoms with E-state index in [0.29, 0.717) is 40.0 Å². The summed E-state index contributed by atoms with van der Waals surface area (Å²) < 4.78 is 10.8. The summed E-state index contributed by atoms with van der Waals surface area (Å²) in [5, 5.41) is 3.83. The van der Waals surface area contributed by atoms with Crippen molar-refractivity contribution in [2.75, 3.05) is 19.5 Å². The number of aromatic nitrogens is 1. The predicted octanol–water partition coefficient (Wildman–Crippen LogP) is 4.52. The van der Waals surface area contributed by atoms with Gasteiger partial charge in [-0.05, 0) is 23.8 Å². The summed E-state index contributed by atoms with van der Waals surface area (Å²) in [6, 6.07) is 16.8. The lowest BCUT2D eigenvalue weighted by Gasteiger charge is -2.27. The fourth-order valence-electron chi connectivity index (χ4n) is 3.45. The Balaban J connectivity index is 1.73. The summed E-state index contributed by atoms with van der Waals surface area (Å²) in [5.74, 6) is 0.993. The first-order valence-electron chi connectivity index (χ1n) is 9.10. The maximum atomic E-state index is 13.1. The molecule has 2 aromatic carbocycles. The van der Waals surface area contributed by atoms with Crippen LogP contribution in [0, 0.1) is 0 Å². The molecule has 3 aromatic rings. The Bertz CT molecular complexity index is 1040. The van der Waals surface area contributed by atoms with Gasteiger partial charge in [-0.15, -0.1) is 0 Å². The van der Waals surface area contributed by atoms with Crippen molar-refractivity contribution in [1.29, 1.82) is 0 Å². The SMILES string of the molecule is COc1cc(OC)c(NC2c3ncccc3C(=O)N2Cc2ccccc2)cc1Cl. The van der Waals surface area contributed by atoms with Crippen LogP contribution in [0.4, 0.5) is 5.69 Å². The minimum absolute atomic E-state index is 0.0759. The minimum Gasteiger partial charge on any atom is -0.495 e. The molecule has 0 saturated heterocycles. The van der Waals surface area contributed by atoms with Crippen LogP contribution in [0.15, 0.2) is 60.8 Å². The highest BCUT2D eigenvalue weighted by atomic mass is 35.5. The fraction of sp³-hybridized carbons (Fsp3) is 0.182. The Hall–Kier alpha value is -3.25. The topological polar surface area (TPSA) is 63.7 Å². The van der Waals surface area contributed by atoms with E-state index in [4.69, 9.17) is 21.1 Å². The molecule has 6 nitrogen and oxygen atoms in total. The molecule has 0 radical (unpaired) electrons. The molecule has 2 heterocycles. The van der Waals surface area contributed by atoms with E-state index in [0.717, 1.165) is 5.56 Å². The molecule has 29 heavy (non-hydrogen) atoms. The normalized spacial score (nSPS) is 15.2. The Morgan fingerprint density at radius 1 is 1.07 bits per heavy atom. The van der Waals surface area contributed by atoms with E-state index in [1.165, 1.54) is 0 Å². The number of benzene rings is 2. The van der Waals surface area contributed by atoms with Crippen LogP contribution in [0.3, 0.4) is 0 Å². The molecule has 0 spiro atoms. The van der Waals surface area contributed by atoms with E-state index in [9.17, 15) is 4.79 Å². The van der Waals surface area contributed by atoms with E-state index < -0.39 is 6.17 Å². The highest BCUT2D eigenvalue weighted by Crippen LogP contribution is 2.40. The molecule has 0 saturated carbocycles. The number of methoxy groups -OCH3 is 2. The Morgan fingerprint density at radius 3 is 2.55 bits per heavy atom. The number of ether oxygens (including phenoxy) is 2. The number of carbonyl (C=O) groups is 1. The number of fused-ring (bicyclic) bond motifs is 1. The molecular weight excluding hydrogens is 390 g/mol. The summed E-state index contributed by atoms with van der Waals surface area (Å²) in [7, 11) is 3.12. The maximum absolute atomic E-state index is 13.1. The molecule has 1 aliphatic heterocycles. The summed E-state index contributed by atoms with van der Waals surface area (Å²) in [6.45, 7) is 0.444. The van der Waals surface area contributed by atoms with Gasteiger partial charge in [-0.2, -0.15) is 0 Å². The lowest BCUT2D eigenvalue weighted by Crippen LogP contribution is -2.32. The van der Waals surface area contributed by atoms with Crippen molar-refractivity contribution in [3.63, 3.8) is 0 Å². The van der Waals surface area contributed by atoms with E-state index in [1.54, 1.807) is 49.6 Å². The van der Waals surface area contributed by atoms with Crippen molar-refractivity contribution in [3.05, 3.63) is 82.6 Å². The van der Waals surface area contributed by atoms with Gasteiger partial charge in [0.2, 0.25) is 0 Å². The zero-order valence-electron chi connectivity index (χ0n) is 16.1. The molecule has 0 bridgehead atoms. The number of nitrogens with zero attached hydrogens (tertiary/aromatic N) is 2. The second-order valence-corrected chi connectivity index (χ2v) is 7.00. The third-order valence-corrected chi connectivity index (χ3v) is 5.16. The van der Waals surface area contributed by atoms with Gasteiger partial charge in [0, 0.05) is 18.8 Å². The summed E-state index contributed by atoms with van der Waals surface area (Å²) in [4.78, 5) is 19.3. The standard InChI is InChI=1S/C22H20ClN3O3/c1-28-18-12-19(29-2)17(11-16(18)23)25-21-20-15(9-6-10-24-20)22(27)26(21)13-14-7-4-3-5-8-14/h3-12,21,25H,13H2,1-2H3. The monoisotopic (exact) mass is 409 g/mol. The summed E-state index contributed by atoms with van der Waals surface area (Å²) >= 11 is 6.32. The summed E-state index contributed by atoms with van der Waals surface area (Å²) in [6.07, 6.45) is 1.22. The van der Waals surface area contributed by atoms with Gasteiger partial charge >= 0.3 is 0 Å². The minimum atomic E-state index is -0.461. The zero-order valence-corrected chi connectivity index (χ0v) is 16.8. The van der Waals surface area contributed by atoms with Gasteiger partial charge in [-0.25, -0.2) is 0 Å². The van der Waals surface area contributed by atoms with Gasteiger partial charge in [0.05, 0.1) is 36.2 Å². The molecule has 4 rings (SSSR count). The first-order chi connectivity index (χ1) is 14.1. The van der Waals surface area contributed by atoms with Crippen molar-refractivity contribution in [1.82, 2.24) is 9.88 Å². The first-order valence-corrected chi connectivity index (χ1v) is 9.48. The lowest BCUT2D eigenvalue weighted by molar-refractivity contribution is 0.0727. The van der Waals surface area contributed by atoms with Crippen molar-refractivity contribution in [2.24, 2.45) is 0 Å². The quantitative estimate of drug-likeness (QED) is 0.648. The van der Waals surface area contributed by atoms with Crippen molar-refractivity contribution in [3.8, 4) is 11.5 Å². The Labute approximate surface area is 174 Å². The van der Waals surface area contributed by atoms with Crippen LogP contribution in [0.5, 0.6) is 11.5 Å². The van der Waals surface area contributed by atoms with Crippen LogP contribution < -0.4 is 14.8 Å². The van der Waals surface area contributed by atoms with Crippen molar-refractivity contribution in [2.45, 2.75) is 12.7 Å². The van der Waals surface area contributed by atoms with Crippen LogP contribution >= 0.6 is 11.6 Å². The maximum Gasteiger partial charge on any atom is 0.258 e. The number of anilines is 1. The molecule has 1 N–H and O–H groups in total. The number of nitrogens with one attached hydrogen (secondary N) is 1. The van der Waals surface area contributed by atoms with Crippen LogP contribution in [-0.4, -0.2) is 30.0 Å². The van der Waals surface area contributed by atoms with Crippen LogP contribution in [0.1, 0.15) is 27.8 Å². The zero-order chi connectivity index (χ0) is 20.4. The number of halogens is 1. The van der Waals surface area contributed by atoms with E-state index in [-0.39, 0.29) is 5.91 Å². The Kier molecular flexibility index (Phi) is 5.27. The van der Waals surface area contributed by atoms with Gasteiger partial charge in [-0.3, -0.25) is 9.78 Å². The van der Waals surface area contributed by atoms with E-state index in [1.807, 2.05) is 30.3 Å². The van der Waals surface area contributed by atoms with E-state index >= 15 is 0 Å². The van der Waals surface area contributed by atoms with E-state index in [2.05, 4.69) is 10.3 Å². The number of hydrogen-bond donors (Lipinski definition) is 1. The highest BCUT2D eigenvalue weighted by molar-refractivity contribution is 6.32. The molecule has 7 heteroatoms. The Morgan fingerprint density at radius 2 is 1.83 bits per heavy atom. The van der Waals surface area contributed by atoms with Crippen LogP contribution in [-0.2, 0) is 6.54 Å². The van der Waals surface area contributed by atoms with Gasteiger partial charge in [0.1, 0.15) is 17.7 Å². The predicted molar refractivity (Wildman–Crippen MR) is 111 cm³/mol. The first kappa shape index (κ1) is 19.1. The lowest BCUT2D eigenvalue weighted by atomic mass is 10.2. The van der Waals surface area contributed by atoms with Crippen LogP contribution in [0.25, 0.3) is 0 Å². The van der Waals surface area contributed by atoms with Gasteiger partial charge in [-0.1, -0.05) is 41.9 Å². The van der Waals surface area contributed by atoms with Crippen LogP contribution in [0.2, 0.25) is 5.02 Å². The molecule has 1 unspecified atom stereocenters. The molecule has 148 valence electrons. The molecule has 0 aliphatic carbocycles. The molecule has 1 amide bonds. The third kappa shape index (κ3) is 3.59. The smallest absolute Gasteiger partial charge is 0.258 e. The average Bonchev–Trinajstić information content (AvgIpc) is 3.01. The molecule has 0 fully saturated rings. The largest absolute Gasteiger partial charge is 0.495 e. The number of carbonyl (C=O) groups excluding carboxylic acids is 1. The molecule has 1 aliphatic rings. The number of rotatable bonds is 6.